The zero-order valence-corrected chi connectivity index (χ0v) is 20.9. The van der Waals surface area contributed by atoms with Crippen LogP contribution in [0.4, 0.5) is 0 Å². The van der Waals surface area contributed by atoms with Crippen molar-refractivity contribution in [1.29, 1.82) is 0 Å². The van der Waals surface area contributed by atoms with E-state index in [1.54, 1.807) is 18.0 Å². The third-order valence-electron chi connectivity index (χ3n) is 6.60. The molecule has 0 spiro atoms. The average molecular weight is 486 g/mol. The van der Waals surface area contributed by atoms with Gasteiger partial charge in [0.05, 0.1) is 23.8 Å². The lowest BCUT2D eigenvalue weighted by Gasteiger charge is -2.14. The van der Waals surface area contributed by atoms with E-state index in [0.717, 1.165) is 53.7 Å². The first-order valence-corrected chi connectivity index (χ1v) is 13.2. The van der Waals surface area contributed by atoms with Crippen molar-refractivity contribution in [3.05, 3.63) is 89.2 Å². The van der Waals surface area contributed by atoms with Crippen LogP contribution < -0.4 is 5.32 Å². The zero-order chi connectivity index (χ0) is 24.0. The lowest BCUT2D eigenvalue weighted by Crippen LogP contribution is -2.33. The number of aryl methyl sites for hydroxylation is 1. The molecule has 2 aromatic carbocycles. The van der Waals surface area contributed by atoms with Crippen LogP contribution >= 0.6 is 11.8 Å². The molecule has 0 atom stereocenters. The predicted molar refractivity (Wildman–Crippen MR) is 142 cm³/mol. The maximum absolute atomic E-state index is 12.5. The van der Waals surface area contributed by atoms with E-state index in [-0.39, 0.29) is 5.91 Å². The van der Waals surface area contributed by atoms with Crippen molar-refractivity contribution in [2.24, 2.45) is 0 Å². The molecule has 6 nitrogen and oxygen atoms in total. The van der Waals surface area contributed by atoms with Gasteiger partial charge in [-0.05, 0) is 67.7 Å². The molecule has 1 saturated heterocycles. The van der Waals surface area contributed by atoms with Gasteiger partial charge >= 0.3 is 0 Å². The standard InChI is InChI=1S/C28H31N5OS/c1-21-6-2-3-7-24(21)19-33-26-18-29-13-12-25(26)31-28(33)35-20-22-8-10-23(11-9-22)27(34)30-14-17-32-15-4-5-16-32/h2-3,6-13,18H,4-5,14-17,19-20H2,1H3,(H,30,34). The van der Waals surface area contributed by atoms with Gasteiger partial charge in [0.15, 0.2) is 5.16 Å². The Morgan fingerprint density at radius 3 is 2.66 bits per heavy atom. The number of pyridine rings is 1. The number of nitrogens with zero attached hydrogens (tertiary/aromatic N) is 4. The van der Waals surface area contributed by atoms with Gasteiger partial charge in [-0.25, -0.2) is 4.98 Å². The molecule has 2 aromatic heterocycles. The molecule has 3 heterocycles. The molecule has 0 aliphatic carbocycles. The van der Waals surface area contributed by atoms with Crippen molar-refractivity contribution in [3.63, 3.8) is 0 Å². The Morgan fingerprint density at radius 2 is 1.86 bits per heavy atom. The molecular weight excluding hydrogens is 454 g/mol. The van der Waals surface area contributed by atoms with E-state index >= 15 is 0 Å². The number of carbonyl (C=O) groups is 1. The van der Waals surface area contributed by atoms with E-state index in [2.05, 4.69) is 51.0 Å². The number of carbonyl (C=O) groups excluding carboxylic acids is 1. The number of nitrogens with one attached hydrogen (secondary N) is 1. The van der Waals surface area contributed by atoms with Gasteiger partial charge in [0.2, 0.25) is 0 Å². The number of thioether (sulfide) groups is 1. The van der Waals surface area contributed by atoms with Crippen LogP contribution in [0.25, 0.3) is 11.0 Å². The van der Waals surface area contributed by atoms with Crippen LogP contribution in [0.15, 0.2) is 72.1 Å². The number of aromatic nitrogens is 3. The number of likely N-dealkylation sites (tertiary alicyclic amines) is 1. The maximum atomic E-state index is 12.5. The summed E-state index contributed by atoms with van der Waals surface area (Å²) in [5, 5.41) is 4.02. The predicted octanol–water partition coefficient (Wildman–Crippen LogP) is 4.91. The first-order chi connectivity index (χ1) is 17.2. The number of amides is 1. The number of fused-ring (bicyclic) bond motifs is 1. The van der Waals surface area contributed by atoms with Crippen molar-refractivity contribution in [3.8, 4) is 0 Å². The summed E-state index contributed by atoms with van der Waals surface area (Å²) in [6.07, 6.45) is 6.22. The average Bonchev–Trinajstić information content (AvgIpc) is 3.52. The topological polar surface area (TPSA) is 63.1 Å². The maximum Gasteiger partial charge on any atom is 0.251 e. The summed E-state index contributed by atoms with van der Waals surface area (Å²) in [6, 6.07) is 18.3. The number of benzene rings is 2. The highest BCUT2D eigenvalue weighted by Gasteiger charge is 2.14. The van der Waals surface area contributed by atoms with Gasteiger partial charge in [0, 0.05) is 30.6 Å². The first kappa shape index (κ1) is 23.6. The summed E-state index contributed by atoms with van der Waals surface area (Å²) in [4.78, 5) is 24.1. The van der Waals surface area contributed by atoms with Gasteiger partial charge in [0.25, 0.3) is 5.91 Å². The van der Waals surface area contributed by atoms with Gasteiger partial charge in [-0.2, -0.15) is 0 Å². The molecule has 35 heavy (non-hydrogen) atoms. The van der Waals surface area contributed by atoms with E-state index in [1.807, 2.05) is 36.5 Å². The summed E-state index contributed by atoms with van der Waals surface area (Å²) >= 11 is 1.71. The fourth-order valence-corrected chi connectivity index (χ4v) is 5.47. The minimum Gasteiger partial charge on any atom is -0.351 e. The largest absolute Gasteiger partial charge is 0.351 e. The molecule has 1 aliphatic rings. The summed E-state index contributed by atoms with van der Waals surface area (Å²) < 4.78 is 2.25. The SMILES string of the molecule is Cc1ccccc1Cn1c(SCc2ccc(C(=O)NCCN3CCCC3)cc2)nc2ccncc21. The van der Waals surface area contributed by atoms with Gasteiger partial charge in [-0.15, -0.1) is 0 Å². The van der Waals surface area contributed by atoms with E-state index < -0.39 is 0 Å². The molecule has 7 heteroatoms. The number of hydrogen-bond acceptors (Lipinski definition) is 5. The first-order valence-electron chi connectivity index (χ1n) is 12.2. The molecule has 0 unspecified atom stereocenters. The van der Waals surface area contributed by atoms with Crippen LogP contribution in [0.5, 0.6) is 0 Å². The minimum absolute atomic E-state index is 0.00377. The highest BCUT2D eigenvalue weighted by molar-refractivity contribution is 7.98. The fourth-order valence-electron chi connectivity index (χ4n) is 4.50. The Bertz CT molecular complexity index is 1290. The fraction of sp³-hybridized carbons (Fsp3) is 0.321. The van der Waals surface area contributed by atoms with E-state index in [0.29, 0.717) is 12.1 Å². The lowest BCUT2D eigenvalue weighted by molar-refractivity contribution is 0.0949. The molecule has 0 bridgehead atoms. The van der Waals surface area contributed by atoms with Crippen LogP contribution in [0.1, 0.15) is 39.9 Å². The number of rotatable bonds is 9. The van der Waals surface area contributed by atoms with Gasteiger partial charge in [-0.3, -0.25) is 9.78 Å². The monoisotopic (exact) mass is 485 g/mol. The highest BCUT2D eigenvalue weighted by Crippen LogP contribution is 2.28. The van der Waals surface area contributed by atoms with Crippen LogP contribution in [-0.4, -0.2) is 51.5 Å². The van der Waals surface area contributed by atoms with Crippen molar-refractivity contribution in [2.45, 2.75) is 37.2 Å². The van der Waals surface area contributed by atoms with Gasteiger partial charge in [0.1, 0.15) is 0 Å². The summed E-state index contributed by atoms with van der Waals surface area (Å²) in [7, 11) is 0. The molecular formula is C28H31N5OS. The van der Waals surface area contributed by atoms with E-state index in [4.69, 9.17) is 4.98 Å². The quantitative estimate of drug-likeness (QED) is 0.342. The molecule has 1 N–H and O–H groups in total. The van der Waals surface area contributed by atoms with Crippen molar-refractivity contribution in [2.75, 3.05) is 26.2 Å². The Balaban J connectivity index is 1.23. The molecule has 1 aliphatic heterocycles. The molecule has 5 rings (SSSR count). The molecule has 0 saturated carbocycles. The van der Waals surface area contributed by atoms with E-state index in [9.17, 15) is 4.79 Å². The zero-order valence-electron chi connectivity index (χ0n) is 20.1. The summed E-state index contributed by atoms with van der Waals surface area (Å²) in [5.41, 5.74) is 6.41. The van der Waals surface area contributed by atoms with Crippen LogP contribution in [0.3, 0.4) is 0 Å². The molecule has 0 radical (unpaired) electrons. The second kappa shape index (κ2) is 11.1. The highest BCUT2D eigenvalue weighted by atomic mass is 32.2. The third kappa shape index (κ3) is 5.74. The van der Waals surface area contributed by atoms with Gasteiger partial charge < -0.3 is 14.8 Å². The van der Waals surface area contributed by atoms with Crippen molar-refractivity contribution in [1.82, 2.24) is 24.8 Å². The van der Waals surface area contributed by atoms with Crippen LogP contribution in [-0.2, 0) is 12.3 Å². The Morgan fingerprint density at radius 1 is 1.06 bits per heavy atom. The van der Waals surface area contributed by atoms with Crippen LogP contribution in [0, 0.1) is 6.92 Å². The smallest absolute Gasteiger partial charge is 0.251 e. The Labute approximate surface area is 210 Å². The lowest BCUT2D eigenvalue weighted by atomic mass is 10.1. The third-order valence-corrected chi connectivity index (χ3v) is 7.65. The molecule has 4 aromatic rings. The van der Waals surface area contributed by atoms with E-state index in [1.165, 1.54) is 24.0 Å². The normalized spacial score (nSPS) is 14.0. The number of hydrogen-bond donors (Lipinski definition) is 1. The Hall–Kier alpha value is -3.16. The summed E-state index contributed by atoms with van der Waals surface area (Å²) in [6.45, 7) is 6.83. The van der Waals surface area contributed by atoms with Gasteiger partial charge in [-0.1, -0.05) is 48.2 Å². The van der Waals surface area contributed by atoms with Crippen LogP contribution in [0.2, 0.25) is 0 Å². The molecule has 1 amide bonds. The number of imidazole rings is 1. The molecule has 180 valence electrons. The summed E-state index contributed by atoms with van der Waals surface area (Å²) in [5.74, 6) is 0.775. The minimum atomic E-state index is -0.00377. The Kier molecular flexibility index (Phi) is 7.45. The molecule has 1 fully saturated rings. The van der Waals surface area contributed by atoms with Crippen molar-refractivity contribution >= 4 is 28.7 Å². The second-order valence-corrected chi connectivity index (χ2v) is 10.0. The second-order valence-electron chi connectivity index (χ2n) is 9.06. The van der Waals surface area contributed by atoms with Crippen molar-refractivity contribution < 1.29 is 4.79 Å².